The molecule has 0 amide bonds. The lowest BCUT2D eigenvalue weighted by Gasteiger charge is -2.08. The average molecular weight is 312 g/mol. The van der Waals surface area contributed by atoms with Crippen molar-refractivity contribution in [2.45, 2.75) is 26.7 Å². The van der Waals surface area contributed by atoms with E-state index in [-0.39, 0.29) is 0 Å². The van der Waals surface area contributed by atoms with Crippen molar-refractivity contribution in [3.8, 4) is 22.3 Å². The van der Waals surface area contributed by atoms with Gasteiger partial charge in [-0.1, -0.05) is 87.2 Å². The quantitative estimate of drug-likeness (QED) is 0.475. The fourth-order valence-corrected chi connectivity index (χ4v) is 2.91. The topological polar surface area (TPSA) is 0 Å². The molecule has 0 unspecified atom stereocenters. The molecule has 0 N–H and O–H groups in total. The van der Waals surface area contributed by atoms with Crippen LogP contribution in [0.3, 0.4) is 0 Å². The Morgan fingerprint density at radius 2 is 1.25 bits per heavy atom. The number of allylic oxidation sites excluding steroid dienone is 1. The van der Waals surface area contributed by atoms with Gasteiger partial charge in [0.1, 0.15) is 0 Å². The van der Waals surface area contributed by atoms with E-state index in [1.807, 2.05) is 0 Å². The molecule has 0 fully saturated rings. The summed E-state index contributed by atoms with van der Waals surface area (Å²) in [5.74, 6) is 0. The highest BCUT2D eigenvalue weighted by atomic mass is 14.1. The van der Waals surface area contributed by atoms with Gasteiger partial charge < -0.3 is 0 Å². The summed E-state index contributed by atoms with van der Waals surface area (Å²) >= 11 is 0. The van der Waals surface area contributed by atoms with Gasteiger partial charge in [-0.15, -0.1) is 0 Å². The molecule has 0 heterocycles. The van der Waals surface area contributed by atoms with Gasteiger partial charge in [0.15, 0.2) is 0 Å². The van der Waals surface area contributed by atoms with Gasteiger partial charge in [-0.3, -0.25) is 0 Å². The van der Waals surface area contributed by atoms with Crippen LogP contribution < -0.4 is 0 Å². The molecule has 0 aliphatic carbocycles. The standard InChI is InChI=1S/C24H24/c1-4-18(3)23-7-6-8-24(17-23)22-15-13-21(14-16-22)20-11-9-19(5-2)10-12-20/h6-17H,3-5H2,1-2H3. The third-order valence-corrected chi connectivity index (χ3v) is 4.61. The van der Waals surface area contributed by atoms with E-state index in [1.165, 1.54) is 39.0 Å². The molecule has 0 aromatic heterocycles. The zero-order valence-electron chi connectivity index (χ0n) is 14.5. The number of benzene rings is 3. The third kappa shape index (κ3) is 3.49. The second-order valence-electron chi connectivity index (χ2n) is 6.17. The van der Waals surface area contributed by atoms with E-state index in [1.54, 1.807) is 0 Å². The van der Waals surface area contributed by atoms with Crippen LogP contribution in [0.5, 0.6) is 0 Å². The van der Waals surface area contributed by atoms with Gasteiger partial charge in [0.2, 0.25) is 0 Å². The Hall–Kier alpha value is -2.60. The first-order chi connectivity index (χ1) is 11.7. The van der Waals surface area contributed by atoms with Gasteiger partial charge in [-0.2, -0.15) is 0 Å². The Labute approximate surface area is 145 Å². The van der Waals surface area contributed by atoms with E-state index >= 15 is 0 Å². The van der Waals surface area contributed by atoms with Gasteiger partial charge in [0.05, 0.1) is 0 Å². The van der Waals surface area contributed by atoms with Gasteiger partial charge in [-0.05, 0) is 57.9 Å². The van der Waals surface area contributed by atoms with Crippen molar-refractivity contribution in [3.05, 3.63) is 90.5 Å². The monoisotopic (exact) mass is 312 g/mol. The normalized spacial score (nSPS) is 10.6. The molecule has 24 heavy (non-hydrogen) atoms. The minimum atomic E-state index is 0.982. The van der Waals surface area contributed by atoms with E-state index in [9.17, 15) is 0 Å². The molecule has 0 radical (unpaired) electrons. The first-order valence-electron chi connectivity index (χ1n) is 8.69. The van der Waals surface area contributed by atoms with E-state index in [4.69, 9.17) is 0 Å². The third-order valence-electron chi connectivity index (χ3n) is 4.61. The lowest BCUT2D eigenvalue weighted by molar-refractivity contribution is 1.14. The molecular formula is C24H24. The van der Waals surface area contributed by atoms with Crippen molar-refractivity contribution >= 4 is 5.57 Å². The van der Waals surface area contributed by atoms with Gasteiger partial charge in [-0.25, -0.2) is 0 Å². The smallest absolute Gasteiger partial charge is 0.0178 e. The molecule has 0 aliphatic rings. The molecule has 0 atom stereocenters. The summed E-state index contributed by atoms with van der Waals surface area (Å²) in [5, 5.41) is 0. The summed E-state index contributed by atoms with van der Waals surface area (Å²) in [5.41, 5.74) is 8.81. The maximum absolute atomic E-state index is 4.15. The Morgan fingerprint density at radius 3 is 1.79 bits per heavy atom. The molecule has 0 saturated heterocycles. The SMILES string of the molecule is C=C(CC)c1cccc(-c2ccc(-c3ccc(CC)cc3)cc2)c1. The van der Waals surface area contributed by atoms with Crippen LogP contribution >= 0.6 is 0 Å². The highest BCUT2D eigenvalue weighted by molar-refractivity contribution is 5.74. The number of hydrogen-bond donors (Lipinski definition) is 0. The van der Waals surface area contributed by atoms with Crippen LogP contribution in [0.25, 0.3) is 27.8 Å². The molecule has 3 aromatic carbocycles. The van der Waals surface area contributed by atoms with Crippen molar-refractivity contribution in [1.29, 1.82) is 0 Å². The lowest BCUT2D eigenvalue weighted by atomic mass is 9.96. The summed E-state index contributed by atoms with van der Waals surface area (Å²) in [6.45, 7) is 8.48. The maximum atomic E-state index is 4.15. The largest absolute Gasteiger partial charge is 0.0952 e. The van der Waals surface area contributed by atoms with Crippen molar-refractivity contribution in [2.24, 2.45) is 0 Å². The zero-order chi connectivity index (χ0) is 16.9. The molecule has 0 nitrogen and oxygen atoms in total. The van der Waals surface area contributed by atoms with Crippen LogP contribution in [0.2, 0.25) is 0 Å². The van der Waals surface area contributed by atoms with Gasteiger partial charge >= 0.3 is 0 Å². The van der Waals surface area contributed by atoms with E-state index < -0.39 is 0 Å². The summed E-state index contributed by atoms with van der Waals surface area (Å²) in [6.07, 6.45) is 2.06. The lowest BCUT2D eigenvalue weighted by Crippen LogP contribution is -1.85. The van der Waals surface area contributed by atoms with Crippen molar-refractivity contribution in [1.82, 2.24) is 0 Å². The summed E-state index contributed by atoms with van der Waals surface area (Å²) in [6, 6.07) is 26.3. The number of aryl methyl sites for hydroxylation is 1. The predicted octanol–water partition coefficient (Wildman–Crippen LogP) is 7.01. The molecule has 120 valence electrons. The molecule has 0 saturated carbocycles. The van der Waals surface area contributed by atoms with E-state index in [2.05, 4.69) is 93.2 Å². The highest BCUT2D eigenvalue weighted by Gasteiger charge is 2.03. The summed E-state index contributed by atoms with van der Waals surface area (Å²) in [7, 11) is 0. The van der Waals surface area contributed by atoms with Crippen LogP contribution in [-0.2, 0) is 6.42 Å². The number of hydrogen-bond acceptors (Lipinski definition) is 0. The molecule has 0 bridgehead atoms. The molecule has 0 spiro atoms. The molecule has 0 aliphatic heterocycles. The van der Waals surface area contributed by atoms with Crippen molar-refractivity contribution < 1.29 is 0 Å². The maximum Gasteiger partial charge on any atom is -0.0178 e. The minimum Gasteiger partial charge on any atom is -0.0952 e. The van der Waals surface area contributed by atoms with Gasteiger partial charge in [0, 0.05) is 0 Å². The molecular weight excluding hydrogens is 288 g/mol. The van der Waals surface area contributed by atoms with Crippen LogP contribution in [0.15, 0.2) is 79.4 Å². The Balaban J connectivity index is 1.87. The van der Waals surface area contributed by atoms with Crippen LogP contribution in [0, 0.1) is 0 Å². The molecule has 3 aromatic rings. The first kappa shape index (κ1) is 16.3. The Morgan fingerprint density at radius 1 is 0.708 bits per heavy atom. The Kier molecular flexibility index (Phi) is 4.96. The molecule has 3 rings (SSSR count). The van der Waals surface area contributed by atoms with Gasteiger partial charge in [0.25, 0.3) is 0 Å². The fraction of sp³-hybridized carbons (Fsp3) is 0.167. The second kappa shape index (κ2) is 7.31. The summed E-state index contributed by atoms with van der Waals surface area (Å²) in [4.78, 5) is 0. The predicted molar refractivity (Wildman–Crippen MR) is 106 cm³/mol. The first-order valence-corrected chi connectivity index (χ1v) is 8.69. The van der Waals surface area contributed by atoms with Crippen LogP contribution in [0.4, 0.5) is 0 Å². The average Bonchev–Trinajstić information content (AvgIpc) is 2.67. The van der Waals surface area contributed by atoms with E-state index in [0.717, 1.165) is 12.8 Å². The number of rotatable bonds is 5. The van der Waals surface area contributed by atoms with Crippen molar-refractivity contribution in [2.75, 3.05) is 0 Å². The van der Waals surface area contributed by atoms with Crippen molar-refractivity contribution in [3.63, 3.8) is 0 Å². The van der Waals surface area contributed by atoms with Crippen LogP contribution in [-0.4, -0.2) is 0 Å². The summed E-state index contributed by atoms with van der Waals surface area (Å²) < 4.78 is 0. The molecule has 0 heteroatoms. The Bertz CT molecular complexity index is 821. The highest BCUT2D eigenvalue weighted by Crippen LogP contribution is 2.27. The van der Waals surface area contributed by atoms with E-state index in [0.29, 0.717) is 0 Å². The fourth-order valence-electron chi connectivity index (χ4n) is 2.91. The zero-order valence-corrected chi connectivity index (χ0v) is 14.5. The van der Waals surface area contributed by atoms with Crippen LogP contribution in [0.1, 0.15) is 31.4 Å². The second-order valence-corrected chi connectivity index (χ2v) is 6.17. The minimum absolute atomic E-state index is 0.982.